The normalized spacial score (nSPS) is 11.4. The molecule has 0 unspecified atom stereocenters. The summed E-state index contributed by atoms with van der Waals surface area (Å²) in [6, 6.07) is 8.66. The summed E-state index contributed by atoms with van der Waals surface area (Å²) in [5.74, 6) is -1.59. The van der Waals surface area contributed by atoms with Crippen LogP contribution >= 0.6 is 0 Å². The van der Waals surface area contributed by atoms with Crippen LogP contribution in [-0.2, 0) is 25.5 Å². The lowest BCUT2D eigenvalue weighted by atomic mass is 10.2. The number of amides is 1. The Kier molecular flexibility index (Phi) is 10.5. The molecule has 1 atom stereocenters. The minimum atomic E-state index is -1.11. The number of carbonyl (C=O) groups excluding carboxylic acids is 2. The lowest BCUT2D eigenvalue weighted by molar-refractivity contribution is -0.139. The fourth-order valence-electron chi connectivity index (χ4n) is 2.12. The number of carboxylic acid groups (broad SMARTS) is 1. The summed E-state index contributed by atoms with van der Waals surface area (Å²) in [4.78, 5) is 33.3. The molecule has 4 N–H and O–H groups in total. The molecule has 0 spiro atoms. The second kappa shape index (κ2) is 12.7. The number of rotatable bonds is 12. The van der Waals surface area contributed by atoms with Gasteiger partial charge in [0, 0.05) is 13.0 Å². The Hall–Kier alpha value is -2.61. The molecule has 144 valence electrons. The Balaban J connectivity index is 1.95. The van der Waals surface area contributed by atoms with E-state index in [-0.39, 0.29) is 13.2 Å². The molecule has 0 fully saturated rings. The molecule has 0 saturated carbocycles. The van der Waals surface area contributed by atoms with E-state index < -0.39 is 30.5 Å². The van der Waals surface area contributed by atoms with Crippen LogP contribution in [0.1, 0.15) is 31.2 Å². The summed E-state index contributed by atoms with van der Waals surface area (Å²) in [5, 5.41) is 11.1. The highest BCUT2D eigenvalue weighted by Crippen LogP contribution is 2.01. The van der Waals surface area contributed by atoms with Gasteiger partial charge in [-0.15, -0.1) is 0 Å². The van der Waals surface area contributed by atoms with Crippen LogP contribution in [0, 0.1) is 0 Å². The molecule has 0 saturated heterocycles. The van der Waals surface area contributed by atoms with E-state index in [2.05, 4.69) is 5.32 Å². The molecule has 1 rings (SSSR count). The summed E-state index contributed by atoms with van der Waals surface area (Å²) in [6.07, 6.45) is 1.62. The third-order valence-electron chi connectivity index (χ3n) is 3.53. The average molecular weight is 366 g/mol. The van der Waals surface area contributed by atoms with Crippen LogP contribution < -0.4 is 11.1 Å². The lowest BCUT2D eigenvalue weighted by Crippen LogP contribution is -2.42. The largest absolute Gasteiger partial charge is 0.508 e. The Morgan fingerprint density at radius 1 is 1.04 bits per heavy atom. The number of benzene rings is 1. The van der Waals surface area contributed by atoms with E-state index in [0.717, 1.165) is 12.0 Å². The molecule has 1 amide bonds. The van der Waals surface area contributed by atoms with Gasteiger partial charge in [0.15, 0.2) is 0 Å². The first-order chi connectivity index (χ1) is 12.5. The third kappa shape index (κ3) is 10.3. The first kappa shape index (κ1) is 21.4. The van der Waals surface area contributed by atoms with Crippen LogP contribution in [0.2, 0.25) is 0 Å². The van der Waals surface area contributed by atoms with Gasteiger partial charge in [0.25, 0.3) is 0 Å². The predicted molar refractivity (Wildman–Crippen MR) is 94.5 cm³/mol. The Bertz CT molecular complexity index is 564. The fraction of sp³-hybridized carbons (Fsp3) is 0.500. The van der Waals surface area contributed by atoms with Crippen LogP contribution in [0.25, 0.3) is 0 Å². The maximum absolute atomic E-state index is 11.5. The summed E-state index contributed by atoms with van der Waals surface area (Å²) >= 11 is 0. The highest BCUT2D eigenvalue weighted by atomic mass is 16.7. The summed E-state index contributed by atoms with van der Waals surface area (Å²) in [7, 11) is 0. The van der Waals surface area contributed by atoms with Gasteiger partial charge in [-0.05, 0) is 24.8 Å². The molecular formula is C18H26N2O6. The zero-order valence-electron chi connectivity index (χ0n) is 14.7. The first-order valence-electron chi connectivity index (χ1n) is 8.57. The highest BCUT2D eigenvalue weighted by Gasteiger charge is 2.15. The second-order valence-corrected chi connectivity index (χ2v) is 5.74. The molecule has 0 aliphatic rings. The van der Waals surface area contributed by atoms with Gasteiger partial charge in [-0.3, -0.25) is 9.59 Å². The van der Waals surface area contributed by atoms with Crippen molar-refractivity contribution in [1.82, 2.24) is 5.32 Å². The number of hydrogen-bond donors (Lipinski definition) is 3. The highest BCUT2D eigenvalue weighted by molar-refractivity contribution is 5.85. The quantitative estimate of drug-likeness (QED) is 0.377. The number of carboxylic acids is 1. The molecule has 0 bridgehead atoms. The Morgan fingerprint density at radius 2 is 1.73 bits per heavy atom. The molecule has 0 radical (unpaired) electrons. The molecule has 8 heteroatoms. The molecule has 0 aliphatic heterocycles. The number of ether oxygens (including phenoxy) is 2. The van der Waals surface area contributed by atoms with Gasteiger partial charge in [-0.2, -0.15) is 0 Å². The molecule has 8 nitrogen and oxygen atoms in total. The van der Waals surface area contributed by atoms with Crippen LogP contribution in [0.3, 0.4) is 0 Å². The third-order valence-corrected chi connectivity index (χ3v) is 3.53. The molecule has 1 aromatic carbocycles. The maximum atomic E-state index is 11.5. The minimum Gasteiger partial charge on any atom is -0.481 e. The van der Waals surface area contributed by atoms with E-state index in [1.807, 2.05) is 30.3 Å². The van der Waals surface area contributed by atoms with Crippen molar-refractivity contribution in [2.24, 2.45) is 5.73 Å². The standard InChI is InChI=1S/C18H26N2O6/c19-15(13-16(21)22)17(23)20-10-5-2-6-11-25-18(24)26-12-9-14-7-3-1-4-8-14/h1,3-4,7-8,15H,2,5-6,9-13,19H2,(H,20,23)(H,21,22)/t15-/m0/s1. The van der Waals surface area contributed by atoms with Gasteiger partial charge in [0.2, 0.25) is 5.91 Å². The molecular weight excluding hydrogens is 340 g/mol. The van der Waals surface area contributed by atoms with E-state index >= 15 is 0 Å². The Morgan fingerprint density at radius 3 is 2.42 bits per heavy atom. The van der Waals surface area contributed by atoms with Crippen molar-refractivity contribution in [3.8, 4) is 0 Å². The van der Waals surface area contributed by atoms with Crippen molar-refractivity contribution >= 4 is 18.0 Å². The van der Waals surface area contributed by atoms with Crippen LogP contribution in [0.15, 0.2) is 30.3 Å². The lowest BCUT2D eigenvalue weighted by Gasteiger charge is -2.10. The van der Waals surface area contributed by atoms with Crippen LogP contribution in [0.5, 0.6) is 0 Å². The van der Waals surface area contributed by atoms with Crippen LogP contribution in [0.4, 0.5) is 4.79 Å². The van der Waals surface area contributed by atoms with E-state index in [4.69, 9.17) is 20.3 Å². The van der Waals surface area contributed by atoms with E-state index in [1.165, 1.54) is 0 Å². The number of aliphatic carboxylic acids is 1. The summed E-state index contributed by atoms with van der Waals surface area (Å²) in [5.41, 5.74) is 6.52. The van der Waals surface area contributed by atoms with E-state index in [1.54, 1.807) is 0 Å². The van der Waals surface area contributed by atoms with Crippen LogP contribution in [-0.4, -0.2) is 48.9 Å². The van der Waals surface area contributed by atoms with E-state index in [0.29, 0.717) is 25.8 Å². The zero-order valence-corrected chi connectivity index (χ0v) is 14.7. The monoisotopic (exact) mass is 366 g/mol. The predicted octanol–water partition coefficient (Wildman–Crippen LogP) is 1.47. The van der Waals surface area contributed by atoms with Gasteiger partial charge >= 0.3 is 12.1 Å². The molecule has 0 aliphatic carbocycles. The number of carbonyl (C=O) groups is 3. The molecule has 0 heterocycles. The van der Waals surface area contributed by atoms with Gasteiger partial charge in [0.05, 0.1) is 25.7 Å². The van der Waals surface area contributed by atoms with Gasteiger partial charge in [0.1, 0.15) is 0 Å². The van der Waals surface area contributed by atoms with Crippen molar-refractivity contribution < 1.29 is 29.0 Å². The van der Waals surface area contributed by atoms with Crippen molar-refractivity contribution in [3.63, 3.8) is 0 Å². The maximum Gasteiger partial charge on any atom is 0.508 e. The first-order valence-corrected chi connectivity index (χ1v) is 8.57. The number of nitrogens with two attached hydrogens (primary N) is 1. The smallest absolute Gasteiger partial charge is 0.481 e. The number of hydrogen-bond acceptors (Lipinski definition) is 6. The topological polar surface area (TPSA) is 128 Å². The van der Waals surface area contributed by atoms with E-state index in [9.17, 15) is 14.4 Å². The van der Waals surface area contributed by atoms with Crippen molar-refractivity contribution in [2.75, 3.05) is 19.8 Å². The second-order valence-electron chi connectivity index (χ2n) is 5.74. The van der Waals surface area contributed by atoms with Gasteiger partial charge < -0.3 is 25.6 Å². The number of unbranched alkanes of at least 4 members (excludes halogenated alkanes) is 2. The SMILES string of the molecule is N[C@@H](CC(=O)O)C(=O)NCCCCCOC(=O)OCCc1ccccc1. The van der Waals surface area contributed by atoms with Crippen molar-refractivity contribution in [2.45, 2.75) is 38.1 Å². The zero-order chi connectivity index (χ0) is 19.2. The van der Waals surface area contributed by atoms with Crippen molar-refractivity contribution in [1.29, 1.82) is 0 Å². The molecule has 1 aromatic rings. The minimum absolute atomic E-state index is 0.247. The Labute approximate surface area is 152 Å². The fourth-order valence-corrected chi connectivity index (χ4v) is 2.12. The number of nitrogens with one attached hydrogen (secondary N) is 1. The summed E-state index contributed by atoms with van der Waals surface area (Å²) in [6.45, 7) is 0.912. The van der Waals surface area contributed by atoms with Gasteiger partial charge in [-0.1, -0.05) is 30.3 Å². The van der Waals surface area contributed by atoms with Gasteiger partial charge in [-0.25, -0.2) is 4.79 Å². The van der Waals surface area contributed by atoms with Crippen molar-refractivity contribution in [3.05, 3.63) is 35.9 Å². The molecule has 0 aromatic heterocycles. The average Bonchev–Trinajstić information content (AvgIpc) is 2.61. The molecule has 26 heavy (non-hydrogen) atoms. The summed E-state index contributed by atoms with van der Waals surface area (Å²) < 4.78 is 9.94.